The summed E-state index contributed by atoms with van der Waals surface area (Å²) in [7, 11) is 0. The lowest BCUT2D eigenvalue weighted by atomic mass is 9.46. The third kappa shape index (κ3) is 2.45. The van der Waals surface area contributed by atoms with Gasteiger partial charge in [-0.2, -0.15) is 0 Å². The van der Waals surface area contributed by atoms with E-state index < -0.39 is 0 Å². The summed E-state index contributed by atoms with van der Waals surface area (Å²) in [5.74, 6) is 2.58. The Morgan fingerprint density at radius 2 is 1.74 bits per heavy atom. The van der Waals surface area contributed by atoms with E-state index in [9.17, 15) is 5.21 Å². The molecular weight excluding hydrogens is 338 g/mol. The van der Waals surface area contributed by atoms with Crippen molar-refractivity contribution in [1.82, 2.24) is 0 Å². The van der Waals surface area contributed by atoms with Gasteiger partial charge in [0, 0.05) is 5.92 Å². The number of allylic oxidation sites excluding steroid dienone is 2. The van der Waals surface area contributed by atoms with Crippen LogP contribution in [0.3, 0.4) is 0 Å². The van der Waals surface area contributed by atoms with Crippen LogP contribution in [-0.4, -0.2) is 29.9 Å². The van der Waals surface area contributed by atoms with Crippen LogP contribution in [-0.2, 0) is 9.47 Å². The number of oxime groups is 1. The van der Waals surface area contributed by atoms with Crippen LogP contribution in [0.1, 0.15) is 72.1 Å². The highest BCUT2D eigenvalue weighted by Crippen LogP contribution is 2.68. The van der Waals surface area contributed by atoms with E-state index in [1.807, 2.05) is 0 Å². The van der Waals surface area contributed by atoms with E-state index >= 15 is 0 Å². The van der Waals surface area contributed by atoms with Gasteiger partial charge in [-0.3, -0.25) is 0 Å². The van der Waals surface area contributed by atoms with Crippen LogP contribution in [0.5, 0.6) is 0 Å². The molecule has 1 saturated heterocycles. The van der Waals surface area contributed by atoms with Gasteiger partial charge in [-0.05, 0) is 93.0 Å². The second-order valence-electron chi connectivity index (χ2n) is 10.5. The first-order chi connectivity index (χ1) is 12.9. The highest BCUT2D eigenvalue weighted by Gasteiger charge is 2.62. The lowest BCUT2D eigenvalue weighted by Crippen LogP contribution is -2.53. The summed E-state index contributed by atoms with van der Waals surface area (Å²) < 4.78 is 12.3. The minimum Gasteiger partial charge on any atom is -0.411 e. The minimum absolute atomic E-state index is 0.306. The summed E-state index contributed by atoms with van der Waals surface area (Å²) >= 11 is 0. The Morgan fingerprint density at radius 3 is 2.48 bits per heavy atom. The van der Waals surface area contributed by atoms with E-state index in [1.165, 1.54) is 38.5 Å². The molecule has 4 nitrogen and oxygen atoms in total. The fraction of sp³-hybridized carbons (Fsp3) is 0.870. The smallest absolute Gasteiger partial charge is 0.169 e. The second kappa shape index (κ2) is 6.06. The number of nitrogens with zero attached hydrogens (tertiary/aromatic N) is 1. The molecule has 0 aromatic rings. The van der Waals surface area contributed by atoms with Gasteiger partial charge >= 0.3 is 0 Å². The summed E-state index contributed by atoms with van der Waals surface area (Å²) in [6.07, 6.45) is 12.0. The molecule has 5 aliphatic rings. The maximum absolute atomic E-state index is 9.23. The molecule has 0 spiro atoms. The second-order valence-corrected chi connectivity index (χ2v) is 10.5. The van der Waals surface area contributed by atoms with Crippen LogP contribution in [0, 0.1) is 34.5 Å². The first-order valence-electron chi connectivity index (χ1n) is 11.1. The van der Waals surface area contributed by atoms with Gasteiger partial charge in [-0.15, -0.1) is 0 Å². The first kappa shape index (κ1) is 18.2. The van der Waals surface area contributed by atoms with E-state index in [0.29, 0.717) is 16.7 Å². The van der Waals surface area contributed by atoms with Crippen LogP contribution in [0.4, 0.5) is 0 Å². The molecule has 1 aliphatic heterocycles. The summed E-state index contributed by atoms with van der Waals surface area (Å²) in [6, 6.07) is 0. The Bertz CT molecular complexity index is 679. The number of hydrogen-bond acceptors (Lipinski definition) is 4. The van der Waals surface area contributed by atoms with Gasteiger partial charge < -0.3 is 14.7 Å². The molecular formula is C23H35NO3. The van der Waals surface area contributed by atoms with Crippen LogP contribution in [0.2, 0.25) is 0 Å². The van der Waals surface area contributed by atoms with Gasteiger partial charge in [0.1, 0.15) is 0 Å². The highest BCUT2D eigenvalue weighted by atomic mass is 16.7. The molecule has 6 atom stereocenters. The molecule has 4 aliphatic carbocycles. The average Bonchev–Trinajstić information content (AvgIpc) is 3.24. The Kier molecular flexibility index (Phi) is 4.08. The molecule has 0 radical (unpaired) electrons. The molecule has 1 heterocycles. The average molecular weight is 374 g/mol. The number of rotatable bonds is 1. The molecule has 150 valence electrons. The summed E-state index contributed by atoms with van der Waals surface area (Å²) in [6.45, 7) is 8.75. The Balaban J connectivity index is 1.44. The van der Waals surface area contributed by atoms with E-state index in [0.717, 1.165) is 49.5 Å². The van der Waals surface area contributed by atoms with Crippen molar-refractivity contribution in [2.75, 3.05) is 13.2 Å². The van der Waals surface area contributed by atoms with Gasteiger partial charge in [-0.1, -0.05) is 24.6 Å². The lowest BCUT2D eigenvalue weighted by Gasteiger charge is -2.59. The van der Waals surface area contributed by atoms with Gasteiger partial charge in [0.05, 0.1) is 18.9 Å². The van der Waals surface area contributed by atoms with Crippen molar-refractivity contribution in [1.29, 1.82) is 0 Å². The van der Waals surface area contributed by atoms with Crippen molar-refractivity contribution in [2.24, 2.45) is 39.7 Å². The largest absolute Gasteiger partial charge is 0.411 e. The predicted molar refractivity (Wildman–Crippen MR) is 105 cm³/mol. The van der Waals surface area contributed by atoms with Crippen LogP contribution in [0.15, 0.2) is 16.8 Å². The predicted octanol–water partition coefficient (Wildman–Crippen LogP) is 5.16. The maximum Gasteiger partial charge on any atom is 0.169 e. The number of hydrogen-bond donors (Lipinski definition) is 1. The Hall–Kier alpha value is -0.870. The summed E-state index contributed by atoms with van der Waals surface area (Å²) in [4.78, 5) is 0. The van der Waals surface area contributed by atoms with Crippen LogP contribution < -0.4 is 0 Å². The zero-order chi connectivity index (χ0) is 18.9. The van der Waals surface area contributed by atoms with Gasteiger partial charge in [0.2, 0.25) is 0 Å². The van der Waals surface area contributed by atoms with Crippen molar-refractivity contribution in [3.8, 4) is 0 Å². The normalized spacial score (nSPS) is 50.0. The number of ether oxygens (including phenoxy) is 2. The van der Waals surface area contributed by atoms with Crippen molar-refractivity contribution in [2.45, 2.75) is 77.9 Å². The molecule has 0 bridgehead atoms. The molecule has 4 fully saturated rings. The number of fused-ring (bicyclic) bond motifs is 5. The zero-order valence-corrected chi connectivity index (χ0v) is 17.2. The summed E-state index contributed by atoms with van der Waals surface area (Å²) in [5, 5.41) is 12.7. The van der Waals surface area contributed by atoms with Crippen molar-refractivity contribution >= 4 is 5.71 Å². The molecule has 3 unspecified atom stereocenters. The third-order valence-electron chi connectivity index (χ3n) is 9.60. The van der Waals surface area contributed by atoms with E-state index in [2.05, 4.69) is 32.0 Å². The van der Waals surface area contributed by atoms with Crippen LogP contribution in [0.25, 0.3) is 0 Å². The quantitative estimate of drug-likeness (QED) is 0.510. The molecule has 0 aromatic heterocycles. The van der Waals surface area contributed by atoms with E-state index in [4.69, 9.17) is 9.47 Å². The topological polar surface area (TPSA) is 51.1 Å². The lowest BCUT2D eigenvalue weighted by molar-refractivity contribution is -0.214. The SMILES string of the molecule is CC1([C@H]2CCC3C4CCC5=CC(=NO)CC[C@]5(C)C4CC[C@@]32C)OCCO1. The van der Waals surface area contributed by atoms with Gasteiger partial charge in [0.15, 0.2) is 5.79 Å². The van der Waals surface area contributed by atoms with Crippen LogP contribution >= 0.6 is 0 Å². The van der Waals surface area contributed by atoms with E-state index in [-0.39, 0.29) is 5.79 Å². The van der Waals surface area contributed by atoms with Crippen molar-refractivity contribution in [3.63, 3.8) is 0 Å². The maximum atomic E-state index is 9.23. The standard InChI is InChI=1S/C23H35NO3/c1-21-10-8-16(24-25)14-15(21)4-5-17-18-6-7-20(23(3)26-12-13-27-23)22(18,2)11-9-19(17)21/h14,17-20,25H,4-13H2,1-3H3/t17?,18?,19?,20-,21-,22-/m0/s1. The fourth-order valence-corrected chi connectivity index (χ4v) is 8.24. The zero-order valence-electron chi connectivity index (χ0n) is 17.2. The molecule has 27 heavy (non-hydrogen) atoms. The molecule has 4 heteroatoms. The molecule has 0 aromatic carbocycles. The van der Waals surface area contributed by atoms with Gasteiger partial charge in [0.25, 0.3) is 0 Å². The van der Waals surface area contributed by atoms with E-state index in [1.54, 1.807) is 5.57 Å². The monoisotopic (exact) mass is 373 g/mol. The summed E-state index contributed by atoms with van der Waals surface area (Å²) in [5.41, 5.74) is 3.09. The van der Waals surface area contributed by atoms with Crippen molar-refractivity contribution in [3.05, 3.63) is 11.6 Å². The molecule has 3 saturated carbocycles. The minimum atomic E-state index is -0.364. The molecule has 5 rings (SSSR count). The van der Waals surface area contributed by atoms with Gasteiger partial charge in [-0.25, -0.2) is 0 Å². The Labute approximate surface area is 163 Å². The Morgan fingerprint density at radius 1 is 0.963 bits per heavy atom. The molecule has 0 amide bonds. The third-order valence-corrected chi connectivity index (χ3v) is 9.60. The highest BCUT2D eigenvalue weighted by molar-refractivity contribution is 5.96. The first-order valence-corrected chi connectivity index (χ1v) is 11.1. The molecule has 1 N–H and O–H groups in total. The fourth-order valence-electron chi connectivity index (χ4n) is 8.24. The van der Waals surface area contributed by atoms with Crippen molar-refractivity contribution < 1.29 is 14.7 Å².